The van der Waals surface area contributed by atoms with Crippen molar-refractivity contribution in [1.82, 2.24) is 4.90 Å². The fourth-order valence-corrected chi connectivity index (χ4v) is 7.44. The molecular formula is C48H88N2O5. The second-order valence-electron chi connectivity index (χ2n) is 16.3. The molecule has 0 fully saturated rings. The molecule has 0 aliphatic carbocycles. The van der Waals surface area contributed by atoms with Crippen molar-refractivity contribution in [3.63, 3.8) is 0 Å². The largest absolute Gasteiger partial charge is 0.387 e. The van der Waals surface area contributed by atoms with E-state index in [0.29, 0.717) is 12.5 Å². The van der Waals surface area contributed by atoms with E-state index in [1.807, 2.05) is 0 Å². The third-order valence-corrected chi connectivity index (χ3v) is 11.1. The van der Waals surface area contributed by atoms with Gasteiger partial charge in [-0.2, -0.15) is 0 Å². The summed E-state index contributed by atoms with van der Waals surface area (Å²) in [7, 11) is 0. The number of hydrogen-bond donors (Lipinski definition) is 1. The second kappa shape index (κ2) is 39.9. The number of imide groups is 1. The first-order valence-electron chi connectivity index (χ1n) is 23.5. The average Bonchev–Trinajstić information content (AvgIpc) is 3.73. The van der Waals surface area contributed by atoms with Crippen LogP contribution in [0.2, 0.25) is 0 Å². The minimum atomic E-state index is -0.579. The van der Waals surface area contributed by atoms with Crippen LogP contribution >= 0.6 is 0 Å². The first kappa shape index (κ1) is 52.7. The third-order valence-electron chi connectivity index (χ3n) is 11.1. The van der Waals surface area contributed by atoms with Gasteiger partial charge < -0.3 is 10.5 Å². The summed E-state index contributed by atoms with van der Waals surface area (Å²) < 4.78 is 3.97. The number of carbonyl (C=O) groups is 4. The molecule has 2 rings (SSSR count). The molecule has 0 saturated heterocycles. The maximum Gasteiger partial charge on any atom is 0.338 e. The summed E-state index contributed by atoms with van der Waals surface area (Å²) in [4.78, 5) is 45.1. The van der Waals surface area contributed by atoms with Crippen molar-refractivity contribution < 1.29 is 23.9 Å². The van der Waals surface area contributed by atoms with Gasteiger partial charge in [0.05, 0.1) is 0 Å². The van der Waals surface area contributed by atoms with E-state index in [1.165, 1.54) is 210 Å². The lowest BCUT2D eigenvalue weighted by Crippen LogP contribution is -2.34. The zero-order valence-corrected chi connectivity index (χ0v) is 36.6. The van der Waals surface area contributed by atoms with Crippen molar-refractivity contribution in [2.75, 3.05) is 13.1 Å². The van der Waals surface area contributed by atoms with E-state index >= 15 is 0 Å². The van der Waals surface area contributed by atoms with Crippen LogP contribution < -0.4 is 5.73 Å². The van der Waals surface area contributed by atoms with Crippen LogP contribution in [0, 0.1) is 11.8 Å². The Bertz CT molecular complexity index is 959. The average molecular weight is 773 g/mol. The second-order valence-corrected chi connectivity index (χ2v) is 16.3. The van der Waals surface area contributed by atoms with E-state index in [-0.39, 0.29) is 11.8 Å². The van der Waals surface area contributed by atoms with Gasteiger partial charge in [-0.25, -0.2) is 9.59 Å². The van der Waals surface area contributed by atoms with E-state index in [1.54, 1.807) is 0 Å². The molecule has 2 N–H and O–H groups in total. The van der Waals surface area contributed by atoms with Crippen molar-refractivity contribution in [3.05, 3.63) is 24.3 Å². The SMILES string of the molecule is CCCCCCCCCCC(CCCCCCCC)CN1C(=O)C=CC1=O.CCCCCCCCCCC(CN)CCCCCCCC.O=C1C=CC(=O)O1. The maximum atomic E-state index is 11.9. The summed E-state index contributed by atoms with van der Waals surface area (Å²) in [6.45, 7) is 10.6. The van der Waals surface area contributed by atoms with Crippen LogP contribution in [0.5, 0.6) is 0 Å². The van der Waals surface area contributed by atoms with E-state index < -0.39 is 11.9 Å². The van der Waals surface area contributed by atoms with E-state index in [0.717, 1.165) is 37.5 Å². The summed E-state index contributed by atoms with van der Waals surface area (Å²) in [6, 6.07) is 0. The highest BCUT2D eigenvalue weighted by Crippen LogP contribution is 2.22. The van der Waals surface area contributed by atoms with Crippen molar-refractivity contribution in [2.24, 2.45) is 17.6 Å². The van der Waals surface area contributed by atoms with Crippen molar-refractivity contribution in [2.45, 2.75) is 233 Å². The molecule has 2 heterocycles. The number of esters is 2. The molecule has 0 aromatic heterocycles. The molecule has 2 aliphatic rings. The number of amides is 2. The Balaban J connectivity index is 0.000000917. The predicted molar refractivity (Wildman–Crippen MR) is 233 cm³/mol. The number of carbonyl (C=O) groups excluding carboxylic acids is 4. The number of nitrogens with zero attached hydrogens (tertiary/aromatic N) is 1. The maximum absolute atomic E-state index is 11.9. The van der Waals surface area contributed by atoms with E-state index in [9.17, 15) is 19.2 Å². The number of unbranched alkanes of at least 4 members (excludes halogenated alkanes) is 24. The van der Waals surface area contributed by atoms with E-state index in [2.05, 4.69) is 32.4 Å². The van der Waals surface area contributed by atoms with Crippen LogP contribution in [0.15, 0.2) is 24.3 Å². The Morgan fingerprint density at radius 2 is 0.691 bits per heavy atom. The van der Waals surface area contributed by atoms with Gasteiger partial charge in [0.25, 0.3) is 11.8 Å². The zero-order valence-electron chi connectivity index (χ0n) is 36.6. The van der Waals surface area contributed by atoms with Gasteiger partial charge in [-0.15, -0.1) is 0 Å². The molecule has 0 spiro atoms. The molecule has 0 radical (unpaired) electrons. The molecule has 2 unspecified atom stereocenters. The van der Waals surface area contributed by atoms with Crippen LogP contribution in [0.3, 0.4) is 0 Å². The molecule has 7 heteroatoms. The minimum Gasteiger partial charge on any atom is -0.387 e. The van der Waals surface area contributed by atoms with Gasteiger partial charge in [0.15, 0.2) is 0 Å². The van der Waals surface area contributed by atoms with Crippen LogP contribution in [0.1, 0.15) is 233 Å². The van der Waals surface area contributed by atoms with E-state index in [4.69, 9.17) is 5.73 Å². The fraction of sp³-hybridized carbons (Fsp3) is 0.833. The molecule has 55 heavy (non-hydrogen) atoms. The van der Waals surface area contributed by atoms with Gasteiger partial charge in [0.2, 0.25) is 0 Å². The van der Waals surface area contributed by atoms with Gasteiger partial charge in [0.1, 0.15) is 0 Å². The molecule has 0 bridgehead atoms. The van der Waals surface area contributed by atoms with Gasteiger partial charge in [-0.3, -0.25) is 14.5 Å². The number of hydrogen-bond acceptors (Lipinski definition) is 6. The lowest BCUT2D eigenvalue weighted by atomic mass is 9.93. The summed E-state index contributed by atoms with van der Waals surface area (Å²) >= 11 is 0. The van der Waals surface area contributed by atoms with Gasteiger partial charge in [-0.1, -0.05) is 207 Å². The Morgan fingerprint density at radius 1 is 0.418 bits per heavy atom. The summed E-state index contributed by atoms with van der Waals surface area (Å²) in [5.74, 6) is -0.122. The zero-order chi connectivity index (χ0) is 40.6. The lowest BCUT2D eigenvalue weighted by molar-refractivity contribution is -0.150. The topological polar surface area (TPSA) is 107 Å². The number of nitrogens with two attached hydrogens (primary N) is 1. The van der Waals surface area contributed by atoms with Gasteiger partial charge in [-0.05, 0) is 44.1 Å². The molecule has 2 aliphatic heterocycles. The summed E-state index contributed by atoms with van der Waals surface area (Å²) in [6.07, 6.45) is 48.4. The van der Waals surface area contributed by atoms with Crippen molar-refractivity contribution in [3.8, 4) is 0 Å². The molecule has 0 saturated carbocycles. The Kier molecular flexibility index (Phi) is 38.3. The van der Waals surface area contributed by atoms with Crippen molar-refractivity contribution in [1.29, 1.82) is 0 Å². The summed E-state index contributed by atoms with van der Waals surface area (Å²) in [5.41, 5.74) is 5.93. The molecule has 320 valence electrons. The Morgan fingerprint density at radius 3 is 0.945 bits per heavy atom. The Labute approximate surface area is 339 Å². The van der Waals surface area contributed by atoms with Gasteiger partial charge >= 0.3 is 11.9 Å². The molecular weight excluding hydrogens is 685 g/mol. The van der Waals surface area contributed by atoms with Crippen LogP contribution in [0.4, 0.5) is 0 Å². The first-order valence-corrected chi connectivity index (χ1v) is 23.5. The predicted octanol–water partition coefficient (Wildman–Crippen LogP) is 13.3. The molecule has 2 atom stereocenters. The number of cyclic esters (lactones) is 2. The molecule has 2 amide bonds. The summed E-state index contributed by atoms with van der Waals surface area (Å²) in [5, 5.41) is 0. The normalized spacial score (nSPS) is 14.5. The van der Waals surface area contributed by atoms with Crippen LogP contribution in [-0.2, 0) is 23.9 Å². The molecule has 7 nitrogen and oxygen atoms in total. The lowest BCUT2D eigenvalue weighted by Gasteiger charge is -2.22. The highest BCUT2D eigenvalue weighted by Gasteiger charge is 2.26. The minimum absolute atomic E-state index is 0.121. The van der Waals surface area contributed by atoms with Crippen LogP contribution in [-0.4, -0.2) is 41.7 Å². The highest BCUT2D eigenvalue weighted by atomic mass is 16.6. The highest BCUT2D eigenvalue weighted by molar-refractivity contribution is 6.12. The molecule has 0 aromatic rings. The van der Waals surface area contributed by atoms with Crippen molar-refractivity contribution >= 4 is 23.8 Å². The first-order chi connectivity index (χ1) is 26.8. The fourth-order valence-electron chi connectivity index (χ4n) is 7.44. The number of rotatable bonds is 35. The standard InChI is InChI=1S/C24H43NO2.C20H43N.C4H2O3/c1-3-5-7-9-11-12-14-16-18-22(17-15-13-10-8-6-4-2)21-25-23(26)19-20-24(25)27;1-3-5-7-9-11-12-14-16-18-20(19-21)17-15-13-10-8-6-4-2;5-3-1-2-4(6)7-3/h19-20,22H,3-18,21H2,1-2H3;20H,3-19,21H2,1-2H3;1-2H. The monoisotopic (exact) mass is 773 g/mol. The van der Waals surface area contributed by atoms with Gasteiger partial charge in [0, 0.05) is 30.8 Å². The quantitative estimate of drug-likeness (QED) is 0.0297. The Hall–Kier alpha value is -2.28. The smallest absolute Gasteiger partial charge is 0.338 e. The third kappa shape index (κ3) is 33.6. The number of ether oxygens (including phenoxy) is 1. The molecule has 0 aromatic carbocycles. The van der Waals surface area contributed by atoms with Crippen LogP contribution in [0.25, 0.3) is 0 Å².